The van der Waals surface area contributed by atoms with Gasteiger partial charge in [-0.05, 0) is 57.6 Å². The van der Waals surface area contributed by atoms with E-state index in [0.29, 0.717) is 25.1 Å². The first kappa shape index (κ1) is 18.3. The zero-order chi connectivity index (χ0) is 17.7. The van der Waals surface area contributed by atoms with Crippen molar-refractivity contribution < 1.29 is 13.9 Å². The largest absolute Gasteiger partial charge is 0.444 e. The van der Waals surface area contributed by atoms with Gasteiger partial charge in [0.25, 0.3) is 0 Å². The standard InChI is InChI=1S/C19H25FN2O2/c1-19(2,3)24-18(23)22-10-8-14(9-11-22)16(13-21)12-15-6-4-5-7-17(15)20/h4-7,14,16H,8-12H2,1-3H3. The van der Waals surface area contributed by atoms with E-state index in [1.807, 2.05) is 20.8 Å². The third kappa shape index (κ3) is 4.95. The molecule has 1 saturated heterocycles. The SMILES string of the molecule is CC(C)(C)OC(=O)N1CCC(C(C#N)Cc2ccccc2F)CC1. The van der Waals surface area contributed by atoms with Crippen LogP contribution in [-0.4, -0.2) is 29.7 Å². The molecule has 0 spiro atoms. The number of hydrogen-bond donors (Lipinski definition) is 0. The summed E-state index contributed by atoms with van der Waals surface area (Å²) >= 11 is 0. The number of piperidine rings is 1. The molecule has 5 heteroatoms. The predicted octanol–water partition coefficient (Wildman–Crippen LogP) is 4.16. The van der Waals surface area contributed by atoms with Gasteiger partial charge in [0, 0.05) is 13.1 Å². The van der Waals surface area contributed by atoms with E-state index in [4.69, 9.17) is 4.74 Å². The lowest BCUT2D eigenvalue weighted by Gasteiger charge is -2.35. The minimum Gasteiger partial charge on any atom is -0.444 e. The Kier molecular flexibility index (Phi) is 5.82. The number of hydrogen-bond acceptors (Lipinski definition) is 3. The Balaban J connectivity index is 1.92. The maximum Gasteiger partial charge on any atom is 0.410 e. The summed E-state index contributed by atoms with van der Waals surface area (Å²) < 4.78 is 19.2. The van der Waals surface area contributed by atoms with E-state index in [0.717, 1.165) is 12.8 Å². The minimum absolute atomic E-state index is 0.174. The Hall–Kier alpha value is -2.09. The van der Waals surface area contributed by atoms with Crippen LogP contribution in [0.3, 0.4) is 0 Å². The summed E-state index contributed by atoms with van der Waals surface area (Å²) in [4.78, 5) is 13.8. The zero-order valence-corrected chi connectivity index (χ0v) is 14.6. The number of amides is 1. The van der Waals surface area contributed by atoms with Gasteiger partial charge in [0.1, 0.15) is 11.4 Å². The average Bonchev–Trinajstić information content (AvgIpc) is 2.53. The molecule has 2 rings (SSSR count). The molecule has 1 amide bonds. The van der Waals surface area contributed by atoms with Gasteiger partial charge in [0.2, 0.25) is 0 Å². The van der Waals surface area contributed by atoms with Crippen LogP contribution in [0.1, 0.15) is 39.2 Å². The van der Waals surface area contributed by atoms with Crippen molar-refractivity contribution >= 4 is 6.09 Å². The van der Waals surface area contributed by atoms with E-state index in [2.05, 4.69) is 6.07 Å². The second-order valence-corrected chi connectivity index (χ2v) is 7.34. The Morgan fingerprint density at radius 1 is 1.38 bits per heavy atom. The van der Waals surface area contributed by atoms with Gasteiger partial charge in [-0.3, -0.25) is 0 Å². The molecular formula is C19H25FN2O2. The number of ether oxygens (including phenoxy) is 1. The molecular weight excluding hydrogens is 307 g/mol. The van der Waals surface area contributed by atoms with E-state index >= 15 is 0 Å². The smallest absolute Gasteiger partial charge is 0.410 e. The summed E-state index contributed by atoms with van der Waals surface area (Å²) in [6.07, 6.45) is 1.60. The summed E-state index contributed by atoms with van der Waals surface area (Å²) in [5.41, 5.74) is 0.0761. The van der Waals surface area contributed by atoms with E-state index in [-0.39, 0.29) is 23.7 Å². The maximum absolute atomic E-state index is 13.8. The fourth-order valence-corrected chi connectivity index (χ4v) is 3.03. The lowest BCUT2D eigenvalue weighted by Crippen LogP contribution is -2.42. The first-order chi connectivity index (χ1) is 11.3. The summed E-state index contributed by atoms with van der Waals surface area (Å²) in [7, 11) is 0. The number of nitrogens with zero attached hydrogens (tertiary/aromatic N) is 2. The van der Waals surface area contributed by atoms with E-state index < -0.39 is 5.60 Å². The van der Waals surface area contributed by atoms with Crippen molar-refractivity contribution in [3.05, 3.63) is 35.6 Å². The van der Waals surface area contributed by atoms with Gasteiger partial charge in [-0.15, -0.1) is 0 Å². The van der Waals surface area contributed by atoms with Crippen LogP contribution in [0.4, 0.5) is 9.18 Å². The Labute approximate surface area is 143 Å². The molecule has 1 fully saturated rings. The first-order valence-corrected chi connectivity index (χ1v) is 8.41. The van der Waals surface area contributed by atoms with Crippen molar-refractivity contribution in [1.82, 2.24) is 4.90 Å². The van der Waals surface area contributed by atoms with Gasteiger partial charge in [-0.25, -0.2) is 9.18 Å². The van der Waals surface area contributed by atoms with Crippen LogP contribution >= 0.6 is 0 Å². The van der Waals surface area contributed by atoms with Crippen molar-refractivity contribution in [1.29, 1.82) is 5.26 Å². The predicted molar refractivity (Wildman–Crippen MR) is 89.7 cm³/mol. The summed E-state index contributed by atoms with van der Waals surface area (Å²) in [6.45, 7) is 6.69. The molecule has 0 aliphatic carbocycles. The molecule has 1 aromatic carbocycles. The fourth-order valence-electron chi connectivity index (χ4n) is 3.03. The third-order valence-electron chi connectivity index (χ3n) is 4.32. The number of carbonyl (C=O) groups excluding carboxylic acids is 1. The number of nitriles is 1. The normalized spacial score (nSPS) is 17.2. The Morgan fingerprint density at radius 3 is 2.54 bits per heavy atom. The monoisotopic (exact) mass is 332 g/mol. The molecule has 24 heavy (non-hydrogen) atoms. The summed E-state index contributed by atoms with van der Waals surface area (Å²) in [5.74, 6) is -0.320. The second-order valence-electron chi connectivity index (χ2n) is 7.34. The van der Waals surface area contributed by atoms with Crippen molar-refractivity contribution in [2.75, 3.05) is 13.1 Å². The molecule has 0 bridgehead atoms. The van der Waals surface area contributed by atoms with Crippen molar-refractivity contribution in [2.24, 2.45) is 11.8 Å². The minimum atomic E-state index is -0.506. The number of likely N-dealkylation sites (tertiary alicyclic amines) is 1. The molecule has 0 saturated carbocycles. The average molecular weight is 332 g/mol. The van der Waals surface area contributed by atoms with Crippen LogP contribution in [0.2, 0.25) is 0 Å². The number of halogens is 1. The molecule has 0 aromatic heterocycles. The molecule has 1 unspecified atom stereocenters. The molecule has 0 radical (unpaired) electrons. The van der Waals surface area contributed by atoms with Gasteiger partial charge in [-0.2, -0.15) is 5.26 Å². The van der Waals surface area contributed by atoms with Crippen LogP contribution in [0.5, 0.6) is 0 Å². The Morgan fingerprint density at radius 2 is 2.00 bits per heavy atom. The van der Waals surface area contributed by atoms with Gasteiger partial charge in [0.05, 0.1) is 12.0 Å². The van der Waals surface area contributed by atoms with E-state index in [1.165, 1.54) is 6.07 Å². The fraction of sp³-hybridized carbons (Fsp3) is 0.579. The quantitative estimate of drug-likeness (QED) is 0.835. The molecule has 1 aromatic rings. The van der Waals surface area contributed by atoms with Gasteiger partial charge in [-0.1, -0.05) is 18.2 Å². The lowest BCUT2D eigenvalue weighted by atomic mass is 9.81. The van der Waals surface area contributed by atoms with Crippen molar-refractivity contribution in [3.8, 4) is 6.07 Å². The van der Waals surface area contributed by atoms with Crippen LogP contribution in [0.25, 0.3) is 0 Å². The third-order valence-corrected chi connectivity index (χ3v) is 4.32. The van der Waals surface area contributed by atoms with Crippen LogP contribution < -0.4 is 0 Å². The number of rotatable bonds is 3. The summed E-state index contributed by atoms with van der Waals surface area (Å²) in [5, 5.41) is 9.48. The van der Waals surface area contributed by atoms with E-state index in [9.17, 15) is 14.4 Å². The maximum atomic E-state index is 13.8. The van der Waals surface area contributed by atoms with E-state index in [1.54, 1.807) is 23.1 Å². The first-order valence-electron chi connectivity index (χ1n) is 8.41. The van der Waals surface area contributed by atoms with Crippen LogP contribution in [0, 0.1) is 29.0 Å². The molecule has 1 atom stereocenters. The zero-order valence-electron chi connectivity index (χ0n) is 14.6. The number of carbonyl (C=O) groups is 1. The Bertz CT molecular complexity index is 611. The molecule has 4 nitrogen and oxygen atoms in total. The van der Waals surface area contributed by atoms with Gasteiger partial charge >= 0.3 is 6.09 Å². The van der Waals surface area contributed by atoms with Crippen LogP contribution in [0.15, 0.2) is 24.3 Å². The molecule has 1 heterocycles. The van der Waals surface area contributed by atoms with Crippen molar-refractivity contribution in [2.45, 2.75) is 45.6 Å². The van der Waals surface area contributed by atoms with Crippen LogP contribution in [-0.2, 0) is 11.2 Å². The highest BCUT2D eigenvalue weighted by Crippen LogP contribution is 2.28. The molecule has 1 aliphatic heterocycles. The lowest BCUT2D eigenvalue weighted by molar-refractivity contribution is 0.0170. The molecule has 1 aliphatic rings. The topological polar surface area (TPSA) is 53.3 Å². The number of benzene rings is 1. The second kappa shape index (κ2) is 7.65. The highest BCUT2D eigenvalue weighted by Gasteiger charge is 2.31. The van der Waals surface area contributed by atoms with Gasteiger partial charge < -0.3 is 9.64 Å². The highest BCUT2D eigenvalue weighted by atomic mass is 19.1. The molecule has 0 N–H and O–H groups in total. The highest BCUT2D eigenvalue weighted by molar-refractivity contribution is 5.68. The van der Waals surface area contributed by atoms with Gasteiger partial charge in [0.15, 0.2) is 0 Å². The summed E-state index contributed by atoms with van der Waals surface area (Å²) in [6, 6.07) is 8.93. The molecule has 130 valence electrons. The van der Waals surface area contributed by atoms with Crippen molar-refractivity contribution in [3.63, 3.8) is 0 Å².